The Balaban J connectivity index is 1.55. The SMILES string of the molecule is CC(c1ccccc1)N1CC(C(=O)NCC(N)c2ccccc2)CC1=O. The van der Waals surface area contributed by atoms with Crippen LogP contribution < -0.4 is 11.1 Å². The van der Waals surface area contributed by atoms with Gasteiger partial charge in [0.25, 0.3) is 0 Å². The second kappa shape index (κ2) is 8.15. The molecule has 0 aromatic heterocycles. The summed E-state index contributed by atoms with van der Waals surface area (Å²) < 4.78 is 0. The van der Waals surface area contributed by atoms with Crippen LogP contribution in [0.1, 0.15) is 36.6 Å². The van der Waals surface area contributed by atoms with Crippen LogP contribution in [-0.2, 0) is 9.59 Å². The van der Waals surface area contributed by atoms with Gasteiger partial charge in [0.15, 0.2) is 0 Å². The monoisotopic (exact) mass is 351 g/mol. The highest BCUT2D eigenvalue weighted by atomic mass is 16.2. The largest absolute Gasteiger partial charge is 0.354 e. The van der Waals surface area contributed by atoms with E-state index in [0.29, 0.717) is 13.1 Å². The topological polar surface area (TPSA) is 75.4 Å². The smallest absolute Gasteiger partial charge is 0.225 e. The van der Waals surface area contributed by atoms with E-state index in [-0.39, 0.29) is 36.2 Å². The van der Waals surface area contributed by atoms with Crippen molar-refractivity contribution in [3.05, 3.63) is 71.8 Å². The van der Waals surface area contributed by atoms with Crippen molar-refractivity contribution in [2.24, 2.45) is 11.7 Å². The fraction of sp³-hybridized carbons (Fsp3) is 0.333. The molecule has 0 aliphatic carbocycles. The molecule has 1 heterocycles. The summed E-state index contributed by atoms with van der Waals surface area (Å²) in [4.78, 5) is 26.7. The van der Waals surface area contributed by atoms with Crippen molar-refractivity contribution < 1.29 is 9.59 Å². The molecule has 1 saturated heterocycles. The third-order valence-corrected chi connectivity index (χ3v) is 5.00. The van der Waals surface area contributed by atoms with E-state index in [9.17, 15) is 9.59 Å². The Kier molecular flexibility index (Phi) is 5.68. The lowest BCUT2D eigenvalue weighted by atomic mass is 10.1. The minimum atomic E-state index is -0.323. The highest BCUT2D eigenvalue weighted by Gasteiger charge is 2.36. The van der Waals surface area contributed by atoms with E-state index in [1.54, 1.807) is 4.90 Å². The van der Waals surface area contributed by atoms with Gasteiger partial charge in [-0.2, -0.15) is 0 Å². The lowest BCUT2D eigenvalue weighted by Crippen LogP contribution is -2.37. The Labute approximate surface area is 154 Å². The van der Waals surface area contributed by atoms with E-state index < -0.39 is 0 Å². The Bertz CT molecular complexity index is 748. The lowest BCUT2D eigenvalue weighted by Gasteiger charge is -2.25. The van der Waals surface area contributed by atoms with Crippen LogP contribution in [0.5, 0.6) is 0 Å². The number of likely N-dealkylation sites (tertiary alicyclic amines) is 1. The molecule has 1 fully saturated rings. The van der Waals surface area contributed by atoms with Crippen LogP contribution in [0.15, 0.2) is 60.7 Å². The fourth-order valence-electron chi connectivity index (χ4n) is 3.37. The number of hydrogen-bond acceptors (Lipinski definition) is 3. The Morgan fingerprint density at radius 3 is 2.31 bits per heavy atom. The molecule has 0 spiro atoms. The number of rotatable bonds is 6. The second-order valence-electron chi connectivity index (χ2n) is 6.80. The first-order chi connectivity index (χ1) is 12.6. The third kappa shape index (κ3) is 4.11. The van der Waals surface area contributed by atoms with Gasteiger partial charge in [-0.05, 0) is 18.1 Å². The van der Waals surface area contributed by atoms with E-state index in [2.05, 4.69) is 5.32 Å². The molecular formula is C21H25N3O2. The van der Waals surface area contributed by atoms with E-state index >= 15 is 0 Å². The van der Waals surface area contributed by atoms with Gasteiger partial charge in [0.05, 0.1) is 12.0 Å². The van der Waals surface area contributed by atoms with Crippen LogP contribution in [0.25, 0.3) is 0 Å². The lowest BCUT2D eigenvalue weighted by molar-refractivity contribution is -0.130. The number of carbonyl (C=O) groups excluding carboxylic acids is 2. The van der Waals surface area contributed by atoms with Gasteiger partial charge in [-0.3, -0.25) is 9.59 Å². The second-order valence-corrected chi connectivity index (χ2v) is 6.80. The predicted octanol–water partition coefficient (Wildman–Crippen LogP) is 2.41. The number of nitrogens with zero attached hydrogens (tertiary/aromatic N) is 1. The molecule has 0 radical (unpaired) electrons. The van der Waals surface area contributed by atoms with Gasteiger partial charge in [-0.1, -0.05) is 60.7 Å². The van der Waals surface area contributed by atoms with Crippen LogP contribution >= 0.6 is 0 Å². The molecule has 5 nitrogen and oxygen atoms in total. The van der Waals surface area contributed by atoms with Crippen molar-refractivity contribution >= 4 is 11.8 Å². The van der Waals surface area contributed by atoms with Crippen molar-refractivity contribution in [3.63, 3.8) is 0 Å². The molecule has 5 heteroatoms. The van der Waals surface area contributed by atoms with Crippen molar-refractivity contribution in [1.29, 1.82) is 0 Å². The van der Waals surface area contributed by atoms with Gasteiger partial charge in [0.1, 0.15) is 0 Å². The number of hydrogen-bond donors (Lipinski definition) is 2. The van der Waals surface area contributed by atoms with Gasteiger partial charge >= 0.3 is 0 Å². The molecule has 2 aromatic carbocycles. The fourth-order valence-corrected chi connectivity index (χ4v) is 3.37. The van der Waals surface area contributed by atoms with Crippen molar-refractivity contribution in [3.8, 4) is 0 Å². The molecule has 1 aliphatic rings. The van der Waals surface area contributed by atoms with E-state index in [4.69, 9.17) is 5.73 Å². The summed E-state index contributed by atoms with van der Waals surface area (Å²) in [7, 11) is 0. The average molecular weight is 351 g/mol. The molecule has 1 aliphatic heterocycles. The molecular weight excluding hydrogens is 326 g/mol. The third-order valence-electron chi connectivity index (χ3n) is 5.00. The average Bonchev–Trinajstić information content (AvgIpc) is 3.08. The molecule has 0 saturated carbocycles. The Hall–Kier alpha value is -2.66. The summed E-state index contributed by atoms with van der Waals surface area (Å²) >= 11 is 0. The summed E-state index contributed by atoms with van der Waals surface area (Å²) in [5.74, 6) is -0.405. The molecule has 3 rings (SSSR count). The summed E-state index contributed by atoms with van der Waals surface area (Å²) in [6.07, 6.45) is 0.254. The zero-order valence-corrected chi connectivity index (χ0v) is 15.0. The molecule has 3 atom stereocenters. The highest BCUT2D eigenvalue weighted by molar-refractivity contribution is 5.89. The standard InChI is InChI=1S/C21H25N3O2/c1-15(16-8-4-2-5-9-16)24-14-18(12-20(24)25)21(26)23-13-19(22)17-10-6-3-7-11-17/h2-11,15,18-19H,12-14,22H2,1H3,(H,23,26). The van der Waals surface area contributed by atoms with E-state index in [0.717, 1.165) is 11.1 Å². The van der Waals surface area contributed by atoms with Crippen molar-refractivity contribution in [2.75, 3.05) is 13.1 Å². The first kappa shape index (κ1) is 18.1. The van der Waals surface area contributed by atoms with Gasteiger partial charge in [-0.15, -0.1) is 0 Å². The zero-order chi connectivity index (χ0) is 18.5. The summed E-state index contributed by atoms with van der Waals surface area (Å²) in [5.41, 5.74) is 8.19. The molecule has 26 heavy (non-hydrogen) atoms. The van der Waals surface area contributed by atoms with Crippen molar-refractivity contribution in [2.45, 2.75) is 25.4 Å². The minimum absolute atomic E-state index is 0.0221. The minimum Gasteiger partial charge on any atom is -0.354 e. The maximum absolute atomic E-state index is 12.5. The maximum atomic E-state index is 12.5. The van der Waals surface area contributed by atoms with Crippen LogP contribution in [-0.4, -0.2) is 29.8 Å². The maximum Gasteiger partial charge on any atom is 0.225 e. The van der Waals surface area contributed by atoms with Gasteiger partial charge in [-0.25, -0.2) is 0 Å². The van der Waals surface area contributed by atoms with Crippen LogP contribution in [0.4, 0.5) is 0 Å². The Morgan fingerprint density at radius 2 is 1.69 bits per heavy atom. The van der Waals surface area contributed by atoms with Gasteiger partial charge < -0.3 is 16.0 Å². The first-order valence-corrected chi connectivity index (χ1v) is 8.99. The zero-order valence-electron chi connectivity index (χ0n) is 15.0. The number of carbonyl (C=O) groups is 2. The van der Waals surface area contributed by atoms with E-state index in [1.807, 2.05) is 67.6 Å². The molecule has 0 bridgehead atoms. The summed E-state index contributed by atoms with van der Waals surface area (Å²) in [6.45, 7) is 2.81. The normalized spacial score (nSPS) is 19.2. The quantitative estimate of drug-likeness (QED) is 0.839. The van der Waals surface area contributed by atoms with Crippen LogP contribution in [0.2, 0.25) is 0 Å². The predicted molar refractivity (Wildman–Crippen MR) is 101 cm³/mol. The van der Waals surface area contributed by atoms with E-state index in [1.165, 1.54) is 0 Å². The van der Waals surface area contributed by atoms with Crippen LogP contribution in [0.3, 0.4) is 0 Å². The molecule has 2 aromatic rings. The number of nitrogens with two attached hydrogens (primary N) is 1. The molecule has 2 amide bonds. The van der Waals surface area contributed by atoms with Gasteiger partial charge in [0, 0.05) is 25.6 Å². The number of nitrogens with one attached hydrogen (secondary N) is 1. The molecule has 3 unspecified atom stereocenters. The summed E-state index contributed by atoms with van der Waals surface area (Å²) in [6, 6.07) is 19.3. The number of benzene rings is 2. The van der Waals surface area contributed by atoms with Crippen molar-refractivity contribution in [1.82, 2.24) is 10.2 Å². The first-order valence-electron chi connectivity index (χ1n) is 8.99. The number of amides is 2. The van der Waals surface area contributed by atoms with Gasteiger partial charge in [0.2, 0.25) is 11.8 Å². The Morgan fingerprint density at radius 1 is 1.12 bits per heavy atom. The highest BCUT2D eigenvalue weighted by Crippen LogP contribution is 2.28. The van der Waals surface area contributed by atoms with Crippen LogP contribution in [0, 0.1) is 5.92 Å². The molecule has 3 N–H and O–H groups in total. The molecule has 136 valence electrons. The summed E-state index contributed by atoms with van der Waals surface area (Å²) in [5, 5.41) is 2.90.